The van der Waals surface area contributed by atoms with Gasteiger partial charge in [0, 0.05) is 26.7 Å². The first-order valence-corrected chi connectivity index (χ1v) is 5.60. The number of anilines is 1. The molecule has 0 aliphatic rings. The highest BCUT2D eigenvalue weighted by atomic mass is 16.1. The van der Waals surface area contributed by atoms with Crippen LogP contribution in [0.5, 0.6) is 0 Å². The lowest BCUT2D eigenvalue weighted by atomic mass is 10.4. The van der Waals surface area contributed by atoms with Gasteiger partial charge in [-0.15, -0.1) is 0 Å². The molecule has 5 nitrogen and oxygen atoms in total. The zero-order valence-electron chi connectivity index (χ0n) is 10.2. The van der Waals surface area contributed by atoms with Gasteiger partial charge in [-0.1, -0.05) is 6.92 Å². The summed E-state index contributed by atoms with van der Waals surface area (Å²) < 4.78 is 1.48. The summed E-state index contributed by atoms with van der Waals surface area (Å²) in [7, 11) is 3.78. The van der Waals surface area contributed by atoms with E-state index in [0.717, 1.165) is 25.2 Å². The van der Waals surface area contributed by atoms with E-state index in [4.69, 9.17) is 0 Å². The summed E-state index contributed by atoms with van der Waals surface area (Å²) in [5, 5.41) is 7.36. The Balaban J connectivity index is 2.58. The molecule has 0 aliphatic heterocycles. The molecule has 0 amide bonds. The van der Waals surface area contributed by atoms with Gasteiger partial charge in [-0.2, -0.15) is 5.10 Å². The summed E-state index contributed by atoms with van der Waals surface area (Å²) in [4.78, 5) is 13.5. The lowest BCUT2D eigenvalue weighted by molar-refractivity contribution is 0.531. The van der Waals surface area contributed by atoms with E-state index in [1.54, 1.807) is 12.3 Å². The quantitative estimate of drug-likeness (QED) is 0.707. The number of hydrogen-bond donors (Lipinski definition) is 1. The van der Waals surface area contributed by atoms with Crippen LogP contribution in [-0.4, -0.2) is 37.0 Å². The van der Waals surface area contributed by atoms with Crippen LogP contribution in [0.1, 0.15) is 13.3 Å². The Morgan fingerprint density at radius 2 is 2.19 bits per heavy atom. The molecule has 5 heteroatoms. The molecule has 0 saturated heterocycles. The van der Waals surface area contributed by atoms with Crippen LogP contribution in [0.15, 0.2) is 17.1 Å². The Morgan fingerprint density at radius 3 is 2.75 bits per heavy atom. The topological polar surface area (TPSA) is 50.2 Å². The molecule has 1 N–H and O–H groups in total. The lowest BCUT2D eigenvalue weighted by Crippen LogP contribution is -2.29. The fraction of sp³-hybridized carbons (Fsp3) is 0.636. The molecule has 16 heavy (non-hydrogen) atoms. The minimum Gasteiger partial charge on any atom is -0.376 e. The number of hydrogen-bond acceptors (Lipinski definition) is 4. The molecule has 1 heterocycles. The van der Waals surface area contributed by atoms with Crippen molar-refractivity contribution in [3.8, 4) is 0 Å². The lowest BCUT2D eigenvalue weighted by Gasteiger charge is -2.12. The molecular weight excluding hydrogens is 204 g/mol. The minimum absolute atomic E-state index is 0.0514. The van der Waals surface area contributed by atoms with Crippen LogP contribution < -0.4 is 15.8 Å². The van der Waals surface area contributed by atoms with E-state index >= 15 is 0 Å². The van der Waals surface area contributed by atoms with Crippen molar-refractivity contribution >= 4 is 5.69 Å². The number of nitrogens with one attached hydrogen (secondary N) is 1. The van der Waals surface area contributed by atoms with E-state index in [9.17, 15) is 4.79 Å². The highest BCUT2D eigenvalue weighted by Crippen LogP contribution is 2.02. The van der Waals surface area contributed by atoms with E-state index in [1.165, 1.54) is 4.68 Å². The third-order valence-corrected chi connectivity index (χ3v) is 2.30. The smallest absolute Gasteiger partial charge is 0.268 e. The Hall–Kier alpha value is -1.36. The third-order valence-electron chi connectivity index (χ3n) is 2.30. The van der Waals surface area contributed by atoms with Crippen LogP contribution in [-0.2, 0) is 6.54 Å². The van der Waals surface area contributed by atoms with E-state index in [0.29, 0.717) is 6.54 Å². The second-order valence-electron chi connectivity index (χ2n) is 3.92. The van der Waals surface area contributed by atoms with Gasteiger partial charge in [-0.3, -0.25) is 4.79 Å². The molecular formula is C11H20N4O. The van der Waals surface area contributed by atoms with Gasteiger partial charge in [0.05, 0.1) is 18.4 Å². The number of rotatable bonds is 6. The average Bonchev–Trinajstić information content (AvgIpc) is 2.26. The maximum atomic E-state index is 11.7. The van der Waals surface area contributed by atoms with Gasteiger partial charge in [0.15, 0.2) is 0 Å². The Morgan fingerprint density at radius 1 is 1.44 bits per heavy atom. The van der Waals surface area contributed by atoms with Gasteiger partial charge in [0.25, 0.3) is 5.56 Å². The van der Waals surface area contributed by atoms with E-state index in [1.807, 2.05) is 19.0 Å². The molecule has 0 fully saturated rings. The Bertz CT molecular complexity index is 372. The van der Waals surface area contributed by atoms with Crippen molar-refractivity contribution < 1.29 is 0 Å². The molecule has 90 valence electrons. The first-order chi connectivity index (χ1) is 7.65. The first kappa shape index (κ1) is 12.7. The van der Waals surface area contributed by atoms with Crippen molar-refractivity contribution in [2.75, 3.05) is 32.1 Å². The van der Waals surface area contributed by atoms with E-state index in [-0.39, 0.29) is 5.56 Å². The van der Waals surface area contributed by atoms with Gasteiger partial charge in [-0.05, 0) is 13.0 Å². The van der Waals surface area contributed by atoms with Crippen LogP contribution in [0, 0.1) is 0 Å². The van der Waals surface area contributed by atoms with Crippen LogP contribution in [0.4, 0.5) is 5.69 Å². The first-order valence-electron chi connectivity index (χ1n) is 5.60. The second-order valence-corrected chi connectivity index (χ2v) is 3.92. The molecule has 0 saturated carbocycles. The molecule has 0 aromatic carbocycles. The highest BCUT2D eigenvalue weighted by molar-refractivity contribution is 5.40. The Labute approximate surface area is 96.1 Å². The largest absolute Gasteiger partial charge is 0.376 e. The summed E-state index contributed by atoms with van der Waals surface area (Å²) in [6.07, 6.45) is 2.81. The van der Waals surface area contributed by atoms with E-state index < -0.39 is 0 Å². The normalized spacial score (nSPS) is 10.4. The predicted molar refractivity (Wildman–Crippen MR) is 66.0 cm³/mol. The molecule has 0 aliphatic carbocycles. The van der Waals surface area contributed by atoms with Crippen LogP contribution in [0.2, 0.25) is 0 Å². The van der Waals surface area contributed by atoms with Crippen molar-refractivity contribution in [3.05, 3.63) is 22.6 Å². The van der Waals surface area contributed by atoms with Crippen LogP contribution >= 0.6 is 0 Å². The minimum atomic E-state index is -0.0514. The Kier molecular flexibility index (Phi) is 4.98. The molecule has 0 radical (unpaired) electrons. The van der Waals surface area contributed by atoms with Crippen molar-refractivity contribution in [1.82, 2.24) is 15.1 Å². The van der Waals surface area contributed by atoms with Crippen molar-refractivity contribution in [2.45, 2.75) is 19.9 Å². The maximum absolute atomic E-state index is 11.7. The zero-order chi connectivity index (χ0) is 12.0. The van der Waals surface area contributed by atoms with Gasteiger partial charge in [0.1, 0.15) is 0 Å². The predicted octanol–water partition coefficient (Wildman–Crippen LogP) is 0.309. The van der Waals surface area contributed by atoms with Crippen molar-refractivity contribution in [2.24, 2.45) is 0 Å². The molecule has 0 spiro atoms. The summed E-state index contributed by atoms with van der Waals surface area (Å²) >= 11 is 0. The third kappa shape index (κ3) is 3.66. The van der Waals surface area contributed by atoms with Crippen molar-refractivity contribution in [1.29, 1.82) is 0 Å². The zero-order valence-corrected chi connectivity index (χ0v) is 10.2. The second kappa shape index (κ2) is 6.27. The molecule has 0 bridgehead atoms. The molecule has 0 unspecified atom stereocenters. The van der Waals surface area contributed by atoms with Crippen LogP contribution in [0.25, 0.3) is 0 Å². The fourth-order valence-electron chi connectivity index (χ4n) is 1.32. The van der Waals surface area contributed by atoms with Gasteiger partial charge >= 0.3 is 0 Å². The summed E-state index contributed by atoms with van der Waals surface area (Å²) in [6.45, 7) is 4.49. The van der Waals surface area contributed by atoms with Gasteiger partial charge in [0.2, 0.25) is 0 Å². The van der Waals surface area contributed by atoms with Gasteiger partial charge in [-0.25, -0.2) is 4.68 Å². The molecule has 1 aromatic heterocycles. The fourth-order valence-corrected chi connectivity index (χ4v) is 1.32. The van der Waals surface area contributed by atoms with E-state index in [2.05, 4.69) is 17.3 Å². The number of nitrogens with zero attached hydrogens (tertiary/aromatic N) is 3. The molecule has 1 aromatic rings. The van der Waals surface area contributed by atoms with Crippen molar-refractivity contribution in [3.63, 3.8) is 0 Å². The average molecular weight is 224 g/mol. The standard InChI is InChI=1S/C11H20N4O/c1-4-5-12-6-7-15-11(16)8-10(9-13-15)14(2)3/h8-9,12H,4-7H2,1-3H3. The summed E-state index contributed by atoms with van der Waals surface area (Å²) in [5.41, 5.74) is 0.785. The summed E-state index contributed by atoms with van der Waals surface area (Å²) in [5.74, 6) is 0. The molecule has 1 rings (SSSR count). The molecule has 0 atom stereocenters. The number of aromatic nitrogens is 2. The SMILES string of the molecule is CCCNCCn1ncc(N(C)C)cc1=O. The van der Waals surface area contributed by atoms with Gasteiger partial charge < -0.3 is 10.2 Å². The monoisotopic (exact) mass is 224 g/mol. The summed E-state index contributed by atoms with van der Waals surface area (Å²) in [6, 6.07) is 1.60. The maximum Gasteiger partial charge on any atom is 0.268 e. The highest BCUT2D eigenvalue weighted by Gasteiger charge is 2.00. The van der Waals surface area contributed by atoms with Crippen LogP contribution in [0.3, 0.4) is 0 Å².